The Hall–Kier alpha value is -4.54. The predicted molar refractivity (Wildman–Crippen MR) is 192 cm³/mol. The number of alkyl carbamates (subject to hydrolysis) is 1. The van der Waals surface area contributed by atoms with Gasteiger partial charge in [0.05, 0.1) is 18.3 Å². The Morgan fingerprint density at radius 3 is 2.35 bits per heavy atom. The van der Waals surface area contributed by atoms with Crippen molar-refractivity contribution >= 4 is 45.7 Å². The number of likely N-dealkylation sites (tertiary alicyclic amines) is 1. The highest BCUT2D eigenvalue weighted by molar-refractivity contribution is 7.90. The van der Waals surface area contributed by atoms with E-state index in [1.165, 1.54) is 11.0 Å². The maximum absolute atomic E-state index is 14.4. The van der Waals surface area contributed by atoms with E-state index in [4.69, 9.17) is 9.47 Å². The third-order valence-electron chi connectivity index (χ3n) is 9.75. The van der Waals surface area contributed by atoms with Crippen LogP contribution < -0.4 is 15.4 Å². The summed E-state index contributed by atoms with van der Waals surface area (Å²) in [4.78, 5) is 83.0. The van der Waals surface area contributed by atoms with Crippen LogP contribution in [0.2, 0.25) is 0 Å². The molecule has 3 N–H and O–H groups in total. The SMILES string of the molecule is CCCC(NC(=O)[C@@H]1C[C@@H](OC(=O)N2Cc3cccc(F)c3C2)CN1C(=O)[C@H](CCC(=O)C=C1CCC1)NC(=O)OC(C)(C)C)C(=O)NS(=O)(=O)C1CC1. The molecule has 4 aliphatic rings. The molecule has 0 spiro atoms. The summed E-state index contributed by atoms with van der Waals surface area (Å²) in [6.45, 7) is 6.44. The fourth-order valence-electron chi connectivity index (χ4n) is 6.62. The van der Waals surface area contributed by atoms with Gasteiger partial charge in [-0.2, -0.15) is 0 Å². The van der Waals surface area contributed by atoms with Crippen molar-refractivity contribution < 1.29 is 51.0 Å². The fourth-order valence-corrected chi connectivity index (χ4v) is 7.97. The second-order valence-corrected chi connectivity index (χ2v) is 17.4. The van der Waals surface area contributed by atoms with E-state index in [-0.39, 0.29) is 51.1 Å². The summed E-state index contributed by atoms with van der Waals surface area (Å²) in [5.41, 5.74) is 1.06. The number of amides is 5. The Morgan fingerprint density at radius 1 is 1.02 bits per heavy atom. The van der Waals surface area contributed by atoms with Gasteiger partial charge in [-0.25, -0.2) is 22.4 Å². The van der Waals surface area contributed by atoms with Crippen molar-refractivity contribution in [1.29, 1.82) is 0 Å². The maximum Gasteiger partial charge on any atom is 0.410 e. The number of carbonyl (C=O) groups excluding carboxylic acids is 6. The molecule has 5 amide bonds. The summed E-state index contributed by atoms with van der Waals surface area (Å²) in [5.74, 6) is -3.17. The number of hydrogen-bond donors (Lipinski definition) is 3. The van der Waals surface area contributed by atoms with Crippen molar-refractivity contribution in [1.82, 2.24) is 25.2 Å². The highest BCUT2D eigenvalue weighted by Crippen LogP contribution is 2.30. The third-order valence-corrected chi connectivity index (χ3v) is 11.6. The Morgan fingerprint density at radius 2 is 1.74 bits per heavy atom. The minimum absolute atomic E-state index is 0.0379. The van der Waals surface area contributed by atoms with Gasteiger partial charge in [0.25, 0.3) is 5.91 Å². The van der Waals surface area contributed by atoms with E-state index in [1.807, 2.05) is 0 Å². The summed E-state index contributed by atoms with van der Waals surface area (Å²) in [6, 6.07) is 0.616. The van der Waals surface area contributed by atoms with Gasteiger partial charge in [0.15, 0.2) is 5.78 Å². The van der Waals surface area contributed by atoms with Crippen LogP contribution in [0.1, 0.15) is 103 Å². The Kier molecular flexibility index (Phi) is 12.7. The van der Waals surface area contributed by atoms with Gasteiger partial charge in [-0.1, -0.05) is 31.1 Å². The lowest BCUT2D eigenvalue weighted by atomic mass is 9.91. The van der Waals surface area contributed by atoms with Crippen LogP contribution in [-0.4, -0.2) is 95.5 Å². The Labute approximate surface area is 314 Å². The molecular weight excluding hydrogens is 725 g/mol. The topological polar surface area (TPSA) is 198 Å². The lowest BCUT2D eigenvalue weighted by Gasteiger charge is -2.30. The van der Waals surface area contributed by atoms with Gasteiger partial charge >= 0.3 is 12.2 Å². The highest BCUT2D eigenvalue weighted by Gasteiger charge is 2.46. The molecule has 0 bridgehead atoms. The molecule has 5 rings (SSSR count). The quantitative estimate of drug-likeness (QED) is 0.235. The smallest absolute Gasteiger partial charge is 0.410 e. The van der Waals surface area contributed by atoms with Crippen molar-refractivity contribution in [2.45, 2.75) is 140 Å². The average molecular weight is 776 g/mol. The number of allylic oxidation sites excluding steroid dienone is 2. The summed E-state index contributed by atoms with van der Waals surface area (Å²) >= 11 is 0. The van der Waals surface area contributed by atoms with Crippen molar-refractivity contribution in [3.8, 4) is 0 Å². The standard InChI is InChI=1S/C37H50FN5O10S/c1-5-8-29(32(45)41-54(50,51)26-14-15-26)39-33(46)31-18-25(52-36(49)42-19-23-11-7-12-28(38)27(23)21-42)20-43(31)34(47)30(40-35(48)53-37(2,3)4)16-13-24(44)17-22-9-6-10-22/h7,11-12,17,25-26,29-31H,5-6,8-10,13-16,18-21H2,1-4H3,(H,39,46)(H,40,48)(H,41,45)/t25-,29?,30+,31+/m1/s1. The third kappa shape index (κ3) is 10.6. The number of benzene rings is 1. The Bertz CT molecular complexity index is 1780. The maximum atomic E-state index is 14.4. The number of hydrogen-bond acceptors (Lipinski definition) is 10. The van der Waals surface area contributed by atoms with Gasteiger partial charge in [-0.15, -0.1) is 0 Å². The molecule has 296 valence electrons. The van der Waals surface area contributed by atoms with Crippen LogP contribution in [0, 0.1) is 5.82 Å². The number of ketones is 1. The van der Waals surface area contributed by atoms with Gasteiger partial charge in [-0.05, 0) is 83.4 Å². The zero-order valence-corrected chi connectivity index (χ0v) is 32.0. The van der Waals surface area contributed by atoms with Crippen molar-refractivity contribution in [3.63, 3.8) is 0 Å². The first-order valence-electron chi connectivity index (χ1n) is 18.5. The van der Waals surface area contributed by atoms with Crippen LogP contribution in [-0.2, 0) is 51.8 Å². The molecular formula is C37H50FN5O10S. The molecule has 2 aliphatic heterocycles. The molecule has 2 saturated carbocycles. The summed E-state index contributed by atoms with van der Waals surface area (Å²) in [5, 5.41) is 4.46. The molecule has 1 unspecified atom stereocenters. The van der Waals surface area contributed by atoms with Crippen LogP contribution >= 0.6 is 0 Å². The number of fused-ring (bicyclic) bond motifs is 1. The minimum atomic E-state index is -3.92. The first-order valence-corrected chi connectivity index (χ1v) is 20.1. The normalized spacial score (nSPS) is 20.6. The monoisotopic (exact) mass is 775 g/mol. The molecule has 0 radical (unpaired) electrons. The van der Waals surface area contributed by atoms with E-state index in [0.29, 0.717) is 30.4 Å². The predicted octanol–water partition coefficient (Wildman–Crippen LogP) is 3.49. The van der Waals surface area contributed by atoms with E-state index < -0.39 is 80.8 Å². The number of ether oxygens (including phenoxy) is 2. The largest absolute Gasteiger partial charge is 0.444 e. The minimum Gasteiger partial charge on any atom is -0.444 e. The summed E-state index contributed by atoms with van der Waals surface area (Å²) in [6.07, 6.45) is 2.31. The number of nitrogens with one attached hydrogen (secondary N) is 3. The molecule has 17 heteroatoms. The van der Waals surface area contributed by atoms with E-state index >= 15 is 0 Å². The number of sulfonamides is 1. The number of rotatable bonds is 14. The van der Waals surface area contributed by atoms with Crippen LogP contribution in [0.5, 0.6) is 0 Å². The van der Waals surface area contributed by atoms with E-state index in [2.05, 4.69) is 15.4 Å². The van der Waals surface area contributed by atoms with Gasteiger partial charge in [-0.3, -0.25) is 28.8 Å². The van der Waals surface area contributed by atoms with Gasteiger partial charge in [0, 0.05) is 24.9 Å². The highest BCUT2D eigenvalue weighted by atomic mass is 32.2. The van der Waals surface area contributed by atoms with Crippen LogP contribution in [0.15, 0.2) is 29.8 Å². The lowest BCUT2D eigenvalue weighted by Crippen LogP contribution is -2.57. The summed E-state index contributed by atoms with van der Waals surface area (Å²) < 4.78 is 52.7. The van der Waals surface area contributed by atoms with Crippen LogP contribution in [0.25, 0.3) is 0 Å². The molecule has 0 aromatic heterocycles. The van der Waals surface area contributed by atoms with E-state index in [9.17, 15) is 41.6 Å². The van der Waals surface area contributed by atoms with Gasteiger partial charge < -0.3 is 25.0 Å². The fraction of sp³-hybridized carbons (Fsp3) is 0.622. The van der Waals surface area contributed by atoms with E-state index in [0.717, 1.165) is 29.7 Å². The molecule has 3 fully saturated rings. The van der Waals surface area contributed by atoms with Gasteiger partial charge in [0.2, 0.25) is 21.8 Å². The molecule has 54 heavy (non-hydrogen) atoms. The zero-order valence-electron chi connectivity index (χ0n) is 31.2. The molecule has 2 aliphatic carbocycles. The van der Waals surface area contributed by atoms with Gasteiger partial charge in [0.1, 0.15) is 35.6 Å². The van der Waals surface area contributed by atoms with Crippen molar-refractivity contribution in [2.24, 2.45) is 0 Å². The number of halogens is 1. The first kappa shape index (κ1) is 40.6. The van der Waals surface area contributed by atoms with Crippen molar-refractivity contribution in [2.75, 3.05) is 6.54 Å². The molecule has 1 aromatic rings. The second kappa shape index (κ2) is 16.9. The summed E-state index contributed by atoms with van der Waals surface area (Å²) in [7, 11) is -3.92. The molecule has 2 heterocycles. The molecule has 4 atom stereocenters. The van der Waals surface area contributed by atoms with Crippen molar-refractivity contribution in [3.05, 3.63) is 46.8 Å². The number of nitrogens with zero attached hydrogens (tertiary/aromatic N) is 2. The number of carbonyl (C=O) groups is 6. The second-order valence-electron chi connectivity index (χ2n) is 15.4. The first-order chi connectivity index (χ1) is 25.4. The molecule has 1 aromatic carbocycles. The van der Waals surface area contributed by atoms with E-state index in [1.54, 1.807) is 45.9 Å². The Balaban J connectivity index is 1.36. The average Bonchev–Trinajstić information content (AvgIpc) is 3.71. The van der Waals surface area contributed by atoms with Crippen LogP contribution in [0.3, 0.4) is 0 Å². The zero-order chi connectivity index (χ0) is 39.4. The molecule has 15 nitrogen and oxygen atoms in total. The van der Waals surface area contributed by atoms with Crippen LogP contribution in [0.4, 0.5) is 14.0 Å². The molecule has 1 saturated heterocycles. The lowest BCUT2D eigenvalue weighted by molar-refractivity contribution is -0.141.